The molecule has 1 aromatic carbocycles. The molecule has 1 aromatic rings. The van der Waals surface area contributed by atoms with Crippen molar-refractivity contribution in [1.29, 1.82) is 0 Å². The number of nitrogens with one attached hydrogen (secondary N) is 2. The molecule has 2 aliphatic rings. The van der Waals surface area contributed by atoms with Crippen LogP contribution in [0.3, 0.4) is 0 Å². The number of rotatable bonds is 5. The number of thiocarbonyl (C=S) groups is 1. The number of benzene rings is 1. The third-order valence-corrected chi connectivity index (χ3v) is 5.44. The monoisotopic (exact) mass is 348 g/mol. The number of hydrogen-bond acceptors (Lipinski definition) is 4. The maximum atomic E-state index is 11.8. The van der Waals surface area contributed by atoms with E-state index in [1.165, 1.54) is 39.9 Å². The molecule has 0 spiro atoms. The summed E-state index contributed by atoms with van der Waals surface area (Å²) in [7, 11) is 2.90. The van der Waals surface area contributed by atoms with E-state index >= 15 is 0 Å². The number of esters is 1. The van der Waals surface area contributed by atoms with Gasteiger partial charge in [-0.1, -0.05) is 12.5 Å². The predicted molar refractivity (Wildman–Crippen MR) is 96.1 cm³/mol. The fourth-order valence-electron chi connectivity index (χ4n) is 3.96. The molecule has 130 valence electrons. The van der Waals surface area contributed by atoms with Crippen molar-refractivity contribution >= 4 is 23.3 Å². The minimum atomic E-state index is -0.406. The molecule has 24 heavy (non-hydrogen) atoms. The Bertz CT molecular complexity index is 635. The van der Waals surface area contributed by atoms with Crippen molar-refractivity contribution < 1.29 is 14.3 Å². The van der Waals surface area contributed by atoms with Crippen molar-refractivity contribution in [3.05, 3.63) is 29.3 Å². The van der Waals surface area contributed by atoms with Crippen LogP contribution in [0.15, 0.2) is 18.2 Å². The zero-order chi connectivity index (χ0) is 17.1. The highest BCUT2D eigenvalue weighted by atomic mass is 32.1. The summed E-state index contributed by atoms with van der Waals surface area (Å²) < 4.78 is 10.0. The molecule has 2 N–H and O–H groups in total. The molecule has 0 aliphatic heterocycles. The molecule has 2 saturated carbocycles. The Balaban J connectivity index is 1.56. The molecule has 0 saturated heterocycles. The molecule has 0 unspecified atom stereocenters. The smallest absolute Gasteiger partial charge is 0.341 e. The molecule has 0 radical (unpaired) electrons. The van der Waals surface area contributed by atoms with E-state index in [0.29, 0.717) is 29.0 Å². The van der Waals surface area contributed by atoms with Gasteiger partial charge in [-0.05, 0) is 61.0 Å². The lowest BCUT2D eigenvalue weighted by atomic mass is 9.96. The highest BCUT2D eigenvalue weighted by Gasteiger charge is 2.39. The molecular formula is C18H24N2O3S. The lowest BCUT2D eigenvalue weighted by Crippen LogP contribution is -2.43. The van der Waals surface area contributed by atoms with Crippen molar-refractivity contribution in [3.8, 4) is 5.75 Å². The van der Waals surface area contributed by atoms with Crippen LogP contribution in [0.4, 0.5) is 0 Å². The fraction of sp³-hybridized carbons (Fsp3) is 0.556. The standard InChI is InChI=1S/C18H24N2O3S/c1-22-16-6-4-12(8-14(16)17(21)23-2)10-19-18(24)20-15-9-11-3-5-13(15)7-11/h4,6,8,11,13,15H,3,5,7,9-10H2,1-2H3,(H2,19,20,24)/t11-,13-,15-/m0/s1. The fourth-order valence-corrected chi connectivity index (χ4v) is 4.18. The van der Waals surface area contributed by atoms with E-state index in [-0.39, 0.29) is 0 Å². The van der Waals surface area contributed by atoms with Crippen molar-refractivity contribution in [3.63, 3.8) is 0 Å². The van der Waals surface area contributed by atoms with Gasteiger partial charge in [0.2, 0.25) is 0 Å². The Hall–Kier alpha value is -1.82. The SMILES string of the molecule is COC(=O)c1cc(CNC(=S)N[C@H]2C[C@H]3CC[C@H]2C3)ccc1OC. The number of hydrogen-bond donors (Lipinski definition) is 2. The third kappa shape index (κ3) is 3.64. The molecule has 6 heteroatoms. The Morgan fingerprint density at radius 1 is 1.29 bits per heavy atom. The summed E-state index contributed by atoms with van der Waals surface area (Å²) in [6, 6.07) is 5.98. The lowest BCUT2D eigenvalue weighted by Gasteiger charge is -2.24. The highest BCUT2D eigenvalue weighted by molar-refractivity contribution is 7.80. The normalized spacial score (nSPS) is 24.5. The topological polar surface area (TPSA) is 59.6 Å². The zero-order valence-electron chi connectivity index (χ0n) is 14.1. The largest absolute Gasteiger partial charge is 0.496 e. The van der Waals surface area contributed by atoms with Gasteiger partial charge >= 0.3 is 5.97 Å². The molecule has 2 fully saturated rings. The summed E-state index contributed by atoms with van der Waals surface area (Å²) in [5.74, 6) is 1.77. The number of ether oxygens (including phenoxy) is 2. The molecule has 0 heterocycles. The van der Waals surface area contributed by atoms with Crippen LogP contribution in [0, 0.1) is 11.8 Å². The van der Waals surface area contributed by atoms with Gasteiger partial charge in [0.25, 0.3) is 0 Å². The Kier molecular flexibility index (Phi) is 5.23. The highest BCUT2D eigenvalue weighted by Crippen LogP contribution is 2.44. The average Bonchev–Trinajstić information content (AvgIpc) is 3.22. The predicted octanol–water partition coefficient (Wildman–Crippen LogP) is 2.63. The van der Waals surface area contributed by atoms with Crippen LogP contribution in [0.5, 0.6) is 5.75 Å². The van der Waals surface area contributed by atoms with Gasteiger partial charge in [0.15, 0.2) is 5.11 Å². The van der Waals surface area contributed by atoms with Gasteiger partial charge < -0.3 is 20.1 Å². The Morgan fingerprint density at radius 2 is 2.12 bits per heavy atom. The molecule has 5 nitrogen and oxygen atoms in total. The first-order valence-electron chi connectivity index (χ1n) is 8.40. The van der Waals surface area contributed by atoms with Gasteiger partial charge in [0, 0.05) is 12.6 Å². The average molecular weight is 348 g/mol. The number of methoxy groups -OCH3 is 2. The van der Waals surface area contributed by atoms with Crippen molar-refractivity contribution in [2.45, 2.75) is 38.3 Å². The third-order valence-electron chi connectivity index (χ3n) is 5.18. The zero-order valence-corrected chi connectivity index (χ0v) is 14.9. The van der Waals surface area contributed by atoms with Gasteiger partial charge in [0.05, 0.1) is 14.2 Å². The molecule has 3 atom stereocenters. The van der Waals surface area contributed by atoms with E-state index in [2.05, 4.69) is 10.6 Å². The first-order chi connectivity index (χ1) is 11.6. The summed E-state index contributed by atoms with van der Waals surface area (Å²) in [5.41, 5.74) is 1.37. The van der Waals surface area contributed by atoms with Crippen LogP contribution in [0.2, 0.25) is 0 Å². The summed E-state index contributed by atoms with van der Waals surface area (Å²) in [6.45, 7) is 0.556. The second-order valence-electron chi connectivity index (χ2n) is 6.63. The van der Waals surface area contributed by atoms with Crippen LogP contribution >= 0.6 is 12.2 Å². The summed E-state index contributed by atoms with van der Waals surface area (Å²) in [5, 5.41) is 7.37. The second-order valence-corrected chi connectivity index (χ2v) is 7.04. The van der Waals surface area contributed by atoms with Crippen LogP contribution in [0.25, 0.3) is 0 Å². The lowest BCUT2D eigenvalue weighted by molar-refractivity contribution is 0.0597. The van der Waals surface area contributed by atoms with E-state index in [1.807, 2.05) is 6.07 Å². The molecule has 2 aliphatic carbocycles. The Labute approximate surface area is 148 Å². The Morgan fingerprint density at radius 3 is 2.75 bits per heavy atom. The van der Waals surface area contributed by atoms with Crippen LogP contribution in [0.1, 0.15) is 41.6 Å². The van der Waals surface area contributed by atoms with Crippen LogP contribution in [-0.4, -0.2) is 31.3 Å². The number of carbonyl (C=O) groups is 1. The van der Waals surface area contributed by atoms with Gasteiger partial charge in [0.1, 0.15) is 11.3 Å². The quantitative estimate of drug-likeness (QED) is 0.630. The molecule has 2 bridgehead atoms. The van der Waals surface area contributed by atoms with E-state index in [9.17, 15) is 4.79 Å². The maximum absolute atomic E-state index is 11.8. The minimum Gasteiger partial charge on any atom is -0.496 e. The van der Waals surface area contributed by atoms with E-state index in [0.717, 1.165) is 17.4 Å². The van der Waals surface area contributed by atoms with Crippen molar-refractivity contribution in [1.82, 2.24) is 10.6 Å². The van der Waals surface area contributed by atoms with Crippen molar-refractivity contribution in [2.24, 2.45) is 11.8 Å². The maximum Gasteiger partial charge on any atom is 0.341 e. The first kappa shape index (κ1) is 17.0. The van der Waals surface area contributed by atoms with Gasteiger partial charge in [-0.2, -0.15) is 0 Å². The summed E-state index contributed by atoms with van der Waals surface area (Å²) >= 11 is 5.42. The van der Waals surface area contributed by atoms with E-state index in [1.54, 1.807) is 12.1 Å². The number of carbonyl (C=O) groups excluding carboxylic acids is 1. The molecular weight excluding hydrogens is 324 g/mol. The minimum absolute atomic E-state index is 0.406. The van der Waals surface area contributed by atoms with Crippen molar-refractivity contribution in [2.75, 3.05) is 14.2 Å². The molecule has 3 rings (SSSR count). The van der Waals surface area contributed by atoms with Gasteiger partial charge in [-0.15, -0.1) is 0 Å². The number of fused-ring (bicyclic) bond motifs is 2. The molecule has 0 aromatic heterocycles. The van der Waals surface area contributed by atoms with Crippen LogP contribution < -0.4 is 15.4 Å². The summed E-state index contributed by atoms with van der Waals surface area (Å²) in [6.07, 6.45) is 5.29. The second kappa shape index (κ2) is 7.38. The van der Waals surface area contributed by atoms with Gasteiger partial charge in [-0.25, -0.2) is 4.79 Å². The van der Waals surface area contributed by atoms with E-state index < -0.39 is 5.97 Å². The van der Waals surface area contributed by atoms with Crippen LogP contribution in [-0.2, 0) is 11.3 Å². The van der Waals surface area contributed by atoms with E-state index in [4.69, 9.17) is 21.7 Å². The van der Waals surface area contributed by atoms with Gasteiger partial charge in [-0.3, -0.25) is 0 Å². The molecule has 0 amide bonds. The summed E-state index contributed by atoms with van der Waals surface area (Å²) in [4.78, 5) is 11.8. The first-order valence-corrected chi connectivity index (χ1v) is 8.81.